The van der Waals surface area contributed by atoms with Gasteiger partial charge in [-0.25, -0.2) is 0 Å². The van der Waals surface area contributed by atoms with E-state index in [1.54, 1.807) is 32.0 Å². The molecule has 32 heavy (non-hydrogen) atoms. The minimum absolute atomic E-state index is 0.198. The molecule has 0 saturated carbocycles. The molecule has 7 heteroatoms. The van der Waals surface area contributed by atoms with E-state index in [9.17, 15) is 14.4 Å². The normalized spacial score (nSPS) is 15.0. The van der Waals surface area contributed by atoms with Gasteiger partial charge in [0.15, 0.2) is 5.60 Å². The highest BCUT2D eigenvalue weighted by molar-refractivity contribution is 6.08. The second kappa shape index (κ2) is 8.30. The van der Waals surface area contributed by atoms with Gasteiger partial charge in [0, 0.05) is 16.8 Å². The van der Waals surface area contributed by atoms with E-state index in [4.69, 9.17) is 4.74 Å². The molecule has 0 atom stereocenters. The second-order valence-electron chi connectivity index (χ2n) is 9.69. The Morgan fingerprint density at radius 2 is 1.78 bits per heavy atom. The summed E-state index contributed by atoms with van der Waals surface area (Å²) in [7, 11) is 0. The van der Waals surface area contributed by atoms with E-state index in [1.807, 2.05) is 52.8 Å². The number of fused-ring (bicyclic) bond motifs is 1. The third-order valence-electron chi connectivity index (χ3n) is 5.31. The first kappa shape index (κ1) is 23.3. The molecule has 1 heterocycles. The number of anilines is 2. The van der Waals surface area contributed by atoms with E-state index in [0.717, 1.165) is 11.1 Å². The average Bonchev–Trinajstić information content (AvgIpc) is 2.67. The quantitative estimate of drug-likeness (QED) is 0.758. The molecule has 2 N–H and O–H groups in total. The van der Waals surface area contributed by atoms with Gasteiger partial charge in [0.25, 0.3) is 11.8 Å². The molecule has 0 spiro atoms. The zero-order valence-corrected chi connectivity index (χ0v) is 19.8. The van der Waals surface area contributed by atoms with Crippen molar-refractivity contribution in [2.24, 2.45) is 0 Å². The number of hydrogen-bond acceptors (Lipinski definition) is 4. The van der Waals surface area contributed by atoms with Crippen molar-refractivity contribution in [2.75, 3.05) is 16.8 Å². The second-order valence-corrected chi connectivity index (χ2v) is 9.69. The third-order valence-corrected chi connectivity index (χ3v) is 5.31. The van der Waals surface area contributed by atoms with Crippen molar-refractivity contribution < 1.29 is 19.1 Å². The average molecular weight is 438 g/mol. The Hall–Kier alpha value is -3.35. The minimum Gasteiger partial charge on any atom is -0.476 e. The predicted molar refractivity (Wildman–Crippen MR) is 125 cm³/mol. The molecule has 0 aliphatic carbocycles. The molecule has 2 aromatic carbocycles. The fraction of sp³-hybridized carbons (Fsp3) is 0.400. The summed E-state index contributed by atoms with van der Waals surface area (Å²) >= 11 is 0. The van der Waals surface area contributed by atoms with Gasteiger partial charge in [0.2, 0.25) is 5.91 Å². The molecule has 3 rings (SSSR count). The van der Waals surface area contributed by atoms with E-state index in [2.05, 4.69) is 10.6 Å². The summed E-state index contributed by atoms with van der Waals surface area (Å²) in [5.41, 5.74) is 1.96. The number of nitrogens with zero attached hydrogens (tertiary/aromatic N) is 1. The SMILES string of the molecule is Cc1cccc(NC(=O)CN2C(=O)C(C)(C)Oc3ccc(C(=O)NC(C)(C)C)cc32)c1C. The Labute approximate surface area is 189 Å². The van der Waals surface area contributed by atoms with Gasteiger partial charge in [-0.3, -0.25) is 19.3 Å². The van der Waals surface area contributed by atoms with Crippen LogP contribution < -0.4 is 20.3 Å². The Kier molecular flexibility index (Phi) is 6.05. The molecule has 2 aromatic rings. The zero-order valence-electron chi connectivity index (χ0n) is 19.8. The third kappa shape index (κ3) is 4.93. The van der Waals surface area contributed by atoms with Gasteiger partial charge in [-0.15, -0.1) is 0 Å². The topological polar surface area (TPSA) is 87.7 Å². The first-order valence-electron chi connectivity index (χ1n) is 10.6. The van der Waals surface area contributed by atoms with Crippen LogP contribution in [0.3, 0.4) is 0 Å². The van der Waals surface area contributed by atoms with Crippen molar-refractivity contribution in [3.05, 3.63) is 53.1 Å². The molecule has 0 unspecified atom stereocenters. The number of ether oxygens (including phenoxy) is 1. The number of aryl methyl sites for hydroxylation is 1. The van der Waals surface area contributed by atoms with Crippen LogP contribution in [0.15, 0.2) is 36.4 Å². The Balaban J connectivity index is 1.92. The lowest BCUT2D eigenvalue weighted by Gasteiger charge is -2.38. The van der Waals surface area contributed by atoms with E-state index in [0.29, 0.717) is 22.7 Å². The minimum atomic E-state index is -1.14. The van der Waals surface area contributed by atoms with Gasteiger partial charge in [-0.05, 0) is 83.9 Å². The number of carbonyl (C=O) groups excluding carboxylic acids is 3. The highest BCUT2D eigenvalue weighted by Crippen LogP contribution is 2.38. The van der Waals surface area contributed by atoms with Gasteiger partial charge in [0.1, 0.15) is 12.3 Å². The summed E-state index contributed by atoms with van der Waals surface area (Å²) in [6, 6.07) is 10.6. The molecule has 3 amide bonds. The number of hydrogen-bond donors (Lipinski definition) is 2. The summed E-state index contributed by atoms with van der Waals surface area (Å²) in [5, 5.41) is 5.80. The fourth-order valence-corrected chi connectivity index (χ4v) is 3.50. The smallest absolute Gasteiger partial charge is 0.271 e. The monoisotopic (exact) mass is 437 g/mol. The maximum absolute atomic E-state index is 13.1. The van der Waals surface area contributed by atoms with Crippen LogP contribution in [-0.2, 0) is 9.59 Å². The van der Waals surface area contributed by atoms with Crippen LogP contribution in [-0.4, -0.2) is 35.4 Å². The van der Waals surface area contributed by atoms with Crippen molar-refractivity contribution in [1.29, 1.82) is 0 Å². The van der Waals surface area contributed by atoms with Crippen molar-refractivity contribution in [3.8, 4) is 5.75 Å². The lowest BCUT2D eigenvalue weighted by molar-refractivity contribution is -0.133. The standard InChI is InChI=1S/C25H31N3O4/c1-15-9-8-10-18(16(15)2)26-21(29)14-28-19-13-17(22(30)27-24(3,4)5)11-12-20(19)32-25(6,7)23(28)31/h8-13H,14H2,1-7H3,(H,26,29)(H,27,30). The highest BCUT2D eigenvalue weighted by Gasteiger charge is 2.42. The summed E-state index contributed by atoms with van der Waals surface area (Å²) in [4.78, 5) is 40.1. The molecule has 0 radical (unpaired) electrons. The van der Waals surface area contributed by atoms with Crippen molar-refractivity contribution in [1.82, 2.24) is 5.32 Å². The van der Waals surface area contributed by atoms with Gasteiger partial charge in [-0.2, -0.15) is 0 Å². The van der Waals surface area contributed by atoms with Crippen LogP contribution in [0.2, 0.25) is 0 Å². The van der Waals surface area contributed by atoms with Crippen LogP contribution >= 0.6 is 0 Å². The van der Waals surface area contributed by atoms with E-state index in [1.165, 1.54) is 4.90 Å². The van der Waals surface area contributed by atoms with Gasteiger partial charge < -0.3 is 15.4 Å². The first-order valence-corrected chi connectivity index (χ1v) is 10.6. The maximum atomic E-state index is 13.1. The number of rotatable bonds is 4. The Morgan fingerprint density at radius 3 is 2.44 bits per heavy atom. The molecule has 1 aliphatic heterocycles. The first-order chi connectivity index (χ1) is 14.8. The van der Waals surface area contributed by atoms with Crippen LogP contribution in [0.4, 0.5) is 11.4 Å². The van der Waals surface area contributed by atoms with Crippen molar-refractivity contribution >= 4 is 29.1 Å². The molecule has 0 saturated heterocycles. The van der Waals surface area contributed by atoms with Crippen molar-refractivity contribution in [2.45, 2.75) is 59.6 Å². The number of carbonyl (C=O) groups is 3. The number of amides is 3. The lowest BCUT2D eigenvalue weighted by atomic mass is 10.0. The lowest BCUT2D eigenvalue weighted by Crippen LogP contribution is -2.54. The Morgan fingerprint density at radius 1 is 1.09 bits per heavy atom. The molecule has 7 nitrogen and oxygen atoms in total. The van der Waals surface area contributed by atoms with Crippen LogP contribution in [0.25, 0.3) is 0 Å². The molecule has 0 aromatic heterocycles. The molecular formula is C25H31N3O4. The molecule has 1 aliphatic rings. The van der Waals surface area contributed by atoms with E-state index >= 15 is 0 Å². The highest BCUT2D eigenvalue weighted by atomic mass is 16.5. The predicted octanol–water partition coefficient (Wildman–Crippen LogP) is 3.97. The summed E-state index contributed by atoms with van der Waals surface area (Å²) in [5.74, 6) is -0.506. The van der Waals surface area contributed by atoms with Crippen molar-refractivity contribution in [3.63, 3.8) is 0 Å². The van der Waals surface area contributed by atoms with E-state index in [-0.39, 0.29) is 24.3 Å². The largest absolute Gasteiger partial charge is 0.476 e. The maximum Gasteiger partial charge on any atom is 0.271 e. The fourth-order valence-electron chi connectivity index (χ4n) is 3.50. The number of benzene rings is 2. The van der Waals surface area contributed by atoms with Gasteiger partial charge >= 0.3 is 0 Å². The van der Waals surface area contributed by atoms with Crippen LogP contribution in [0.1, 0.15) is 56.1 Å². The molecule has 170 valence electrons. The van der Waals surface area contributed by atoms with Crippen LogP contribution in [0, 0.1) is 13.8 Å². The summed E-state index contributed by atoms with van der Waals surface area (Å²) in [6.45, 7) is 12.7. The zero-order chi connectivity index (χ0) is 23.8. The summed E-state index contributed by atoms with van der Waals surface area (Å²) in [6.07, 6.45) is 0. The van der Waals surface area contributed by atoms with Crippen LogP contribution in [0.5, 0.6) is 5.75 Å². The van der Waals surface area contributed by atoms with Gasteiger partial charge in [0.05, 0.1) is 5.69 Å². The molecule has 0 fully saturated rings. The summed E-state index contributed by atoms with van der Waals surface area (Å²) < 4.78 is 5.88. The molecule has 0 bridgehead atoms. The number of nitrogens with one attached hydrogen (secondary N) is 2. The van der Waals surface area contributed by atoms with Gasteiger partial charge in [-0.1, -0.05) is 12.1 Å². The molecular weight excluding hydrogens is 406 g/mol. The Bertz CT molecular complexity index is 1080. The van der Waals surface area contributed by atoms with E-state index < -0.39 is 11.1 Å².